The largest absolute Gasteiger partial charge is 0.354 e. The lowest BCUT2D eigenvalue weighted by Gasteiger charge is -2.24. The van der Waals surface area contributed by atoms with Crippen molar-refractivity contribution in [3.05, 3.63) is 12.4 Å². The molecule has 0 radical (unpaired) electrons. The Kier molecular flexibility index (Phi) is 4.61. The predicted molar refractivity (Wildman–Crippen MR) is 83.1 cm³/mol. The third-order valence-electron chi connectivity index (χ3n) is 5.08. The van der Waals surface area contributed by atoms with Gasteiger partial charge in [0.25, 0.3) is 0 Å². The maximum absolute atomic E-state index is 4.49. The first-order chi connectivity index (χ1) is 9.84. The Hall–Kier alpha value is -1.03. The molecule has 3 rings (SSSR count). The second-order valence-electron chi connectivity index (χ2n) is 6.44. The summed E-state index contributed by atoms with van der Waals surface area (Å²) in [6.45, 7) is 2.11. The third kappa shape index (κ3) is 3.17. The molecule has 0 atom stereocenters. The van der Waals surface area contributed by atoms with Crippen molar-refractivity contribution in [3.63, 3.8) is 0 Å². The Balaban J connectivity index is 1.47. The summed E-state index contributed by atoms with van der Waals surface area (Å²) in [5.74, 6) is 1.07. The van der Waals surface area contributed by atoms with E-state index in [0.717, 1.165) is 25.1 Å². The first-order valence-electron chi connectivity index (χ1n) is 8.31. The van der Waals surface area contributed by atoms with Crippen LogP contribution in [0.15, 0.2) is 12.4 Å². The zero-order chi connectivity index (χ0) is 13.8. The molecule has 1 aromatic heterocycles. The Bertz CT molecular complexity index is 402. The van der Waals surface area contributed by atoms with Gasteiger partial charge in [-0.1, -0.05) is 25.7 Å². The number of nitrogens with zero attached hydrogens (tertiary/aromatic N) is 3. The highest BCUT2D eigenvalue weighted by Crippen LogP contribution is 2.31. The van der Waals surface area contributed by atoms with Gasteiger partial charge in [0.05, 0.1) is 0 Å². The van der Waals surface area contributed by atoms with Crippen molar-refractivity contribution in [2.75, 3.05) is 25.5 Å². The molecule has 20 heavy (non-hydrogen) atoms. The molecule has 4 heteroatoms. The predicted octanol–water partition coefficient (Wildman–Crippen LogP) is 3.28. The molecule has 2 aliphatic carbocycles. The van der Waals surface area contributed by atoms with Crippen LogP contribution in [0.3, 0.4) is 0 Å². The lowest BCUT2D eigenvalue weighted by atomic mass is 10.2. The monoisotopic (exact) mass is 276 g/mol. The number of nitrogens with one attached hydrogen (secondary N) is 1. The molecule has 0 amide bonds. The Morgan fingerprint density at radius 3 is 2.65 bits per heavy atom. The van der Waals surface area contributed by atoms with E-state index in [4.69, 9.17) is 0 Å². The Morgan fingerprint density at radius 2 is 1.90 bits per heavy atom. The molecule has 0 aliphatic heterocycles. The summed E-state index contributed by atoms with van der Waals surface area (Å²) in [4.78, 5) is 7.01. The van der Waals surface area contributed by atoms with Gasteiger partial charge >= 0.3 is 0 Å². The van der Waals surface area contributed by atoms with Crippen LogP contribution in [0.2, 0.25) is 0 Å². The van der Waals surface area contributed by atoms with Crippen molar-refractivity contribution in [2.24, 2.45) is 0 Å². The van der Waals surface area contributed by atoms with E-state index >= 15 is 0 Å². The first-order valence-corrected chi connectivity index (χ1v) is 8.31. The third-order valence-corrected chi connectivity index (χ3v) is 5.08. The van der Waals surface area contributed by atoms with Crippen LogP contribution in [0, 0.1) is 0 Å². The van der Waals surface area contributed by atoms with Crippen molar-refractivity contribution < 1.29 is 0 Å². The smallest absolute Gasteiger partial charge is 0.203 e. The van der Waals surface area contributed by atoms with E-state index in [0.29, 0.717) is 6.04 Å². The summed E-state index contributed by atoms with van der Waals surface area (Å²) in [5, 5.41) is 3.53. The minimum atomic E-state index is 0.674. The minimum absolute atomic E-state index is 0.674. The summed E-state index contributed by atoms with van der Waals surface area (Å²) in [6.07, 6.45) is 15.0. The highest BCUT2D eigenvalue weighted by atomic mass is 15.2. The van der Waals surface area contributed by atoms with E-state index in [1.54, 1.807) is 0 Å². The zero-order valence-corrected chi connectivity index (χ0v) is 12.7. The molecule has 4 nitrogen and oxygen atoms in total. The number of likely N-dealkylation sites (N-methyl/N-ethyl adjacent to an activating group) is 1. The molecule has 112 valence electrons. The molecular formula is C16H28N4. The molecule has 1 heterocycles. The molecule has 1 N–H and O–H groups in total. The summed E-state index contributed by atoms with van der Waals surface area (Å²) in [7, 11) is 2.26. The normalized spacial score (nSPS) is 21.1. The van der Waals surface area contributed by atoms with Gasteiger partial charge in [0.15, 0.2) is 0 Å². The van der Waals surface area contributed by atoms with E-state index in [1.165, 1.54) is 51.4 Å². The quantitative estimate of drug-likeness (QED) is 0.865. The van der Waals surface area contributed by atoms with Gasteiger partial charge in [-0.3, -0.25) is 0 Å². The van der Waals surface area contributed by atoms with Crippen LogP contribution >= 0.6 is 0 Å². The van der Waals surface area contributed by atoms with Crippen LogP contribution in [0.4, 0.5) is 5.95 Å². The Morgan fingerprint density at radius 1 is 1.20 bits per heavy atom. The highest BCUT2D eigenvalue weighted by Gasteiger charge is 2.20. The molecule has 0 aromatic carbocycles. The summed E-state index contributed by atoms with van der Waals surface area (Å²) >= 11 is 0. The van der Waals surface area contributed by atoms with Crippen LogP contribution in [0.5, 0.6) is 0 Å². The van der Waals surface area contributed by atoms with Crippen molar-refractivity contribution in [2.45, 2.75) is 63.5 Å². The number of hydrogen-bond donors (Lipinski definition) is 1. The fourth-order valence-electron chi connectivity index (χ4n) is 3.80. The fourth-order valence-corrected chi connectivity index (χ4v) is 3.80. The van der Waals surface area contributed by atoms with Gasteiger partial charge in [-0.15, -0.1) is 0 Å². The molecule has 2 aliphatic rings. The van der Waals surface area contributed by atoms with Crippen LogP contribution < -0.4 is 5.32 Å². The van der Waals surface area contributed by atoms with Crippen molar-refractivity contribution in [3.8, 4) is 0 Å². The molecule has 2 saturated carbocycles. The lowest BCUT2D eigenvalue weighted by Crippen LogP contribution is -2.33. The first kappa shape index (κ1) is 13.9. The molecule has 0 unspecified atom stereocenters. The summed E-state index contributed by atoms with van der Waals surface area (Å²) < 4.78 is 2.35. The van der Waals surface area contributed by atoms with E-state index < -0.39 is 0 Å². The van der Waals surface area contributed by atoms with Gasteiger partial charge in [0.2, 0.25) is 5.95 Å². The van der Waals surface area contributed by atoms with Crippen molar-refractivity contribution in [1.29, 1.82) is 0 Å². The highest BCUT2D eigenvalue weighted by molar-refractivity contribution is 5.26. The van der Waals surface area contributed by atoms with Gasteiger partial charge in [0.1, 0.15) is 0 Å². The lowest BCUT2D eigenvalue weighted by molar-refractivity contribution is 0.254. The molecular weight excluding hydrogens is 248 g/mol. The van der Waals surface area contributed by atoms with Crippen molar-refractivity contribution in [1.82, 2.24) is 14.5 Å². The SMILES string of the molecule is CN(CCNc1nccn1C1CCCC1)C1CCCC1. The van der Waals surface area contributed by atoms with Crippen LogP contribution in [0.25, 0.3) is 0 Å². The van der Waals surface area contributed by atoms with Gasteiger partial charge < -0.3 is 14.8 Å². The number of hydrogen-bond acceptors (Lipinski definition) is 3. The molecule has 0 spiro atoms. The zero-order valence-electron chi connectivity index (χ0n) is 12.7. The number of aromatic nitrogens is 2. The van der Waals surface area contributed by atoms with Gasteiger partial charge in [-0.05, 0) is 32.7 Å². The molecule has 0 bridgehead atoms. The van der Waals surface area contributed by atoms with Gasteiger partial charge in [-0.25, -0.2) is 4.98 Å². The minimum Gasteiger partial charge on any atom is -0.354 e. The molecule has 0 saturated heterocycles. The van der Waals surface area contributed by atoms with E-state index in [9.17, 15) is 0 Å². The topological polar surface area (TPSA) is 33.1 Å². The van der Waals surface area contributed by atoms with Gasteiger partial charge in [-0.2, -0.15) is 0 Å². The van der Waals surface area contributed by atoms with E-state index in [2.05, 4.69) is 33.0 Å². The number of imidazole rings is 1. The average molecular weight is 276 g/mol. The Labute approximate surface area is 122 Å². The van der Waals surface area contributed by atoms with Crippen LogP contribution in [-0.4, -0.2) is 40.6 Å². The van der Waals surface area contributed by atoms with Crippen LogP contribution in [0.1, 0.15) is 57.4 Å². The van der Waals surface area contributed by atoms with E-state index in [-0.39, 0.29) is 0 Å². The number of anilines is 1. The fraction of sp³-hybridized carbons (Fsp3) is 0.812. The van der Waals surface area contributed by atoms with Crippen molar-refractivity contribution >= 4 is 5.95 Å². The maximum atomic E-state index is 4.49. The standard InChI is InChI=1S/C16H28N4/c1-19(14-6-2-3-7-14)12-10-17-16-18-11-13-20(16)15-8-4-5-9-15/h11,13-15H,2-10,12H2,1H3,(H,17,18). The second kappa shape index (κ2) is 6.61. The average Bonchev–Trinajstić information content (AvgIpc) is 3.20. The summed E-state index contributed by atoms with van der Waals surface area (Å²) in [5.41, 5.74) is 0. The van der Waals surface area contributed by atoms with Crippen LogP contribution in [-0.2, 0) is 0 Å². The second-order valence-corrected chi connectivity index (χ2v) is 6.44. The molecule has 2 fully saturated rings. The number of rotatable bonds is 6. The maximum Gasteiger partial charge on any atom is 0.203 e. The van der Waals surface area contributed by atoms with E-state index in [1.807, 2.05) is 6.20 Å². The molecule has 1 aromatic rings. The summed E-state index contributed by atoms with van der Waals surface area (Å²) in [6, 6.07) is 1.49. The van der Waals surface area contributed by atoms with Gasteiger partial charge in [0, 0.05) is 37.6 Å².